The van der Waals surface area contributed by atoms with Gasteiger partial charge >= 0.3 is 0 Å². The van der Waals surface area contributed by atoms with E-state index in [4.69, 9.17) is 5.26 Å². The highest BCUT2D eigenvalue weighted by Crippen LogP contribution is 2.26. The number of aromatic nitrogens is 1. The molecule has 2 aromatic heterocycles. The van der Waals surface area contributed by atoms with Crippen molar-refractivity contribution in [1.29, 1.82) is 5.26 Å². The Bertz CT molecular complexity index is 610. The fourth-order valence-corrected chi connectivity index (χ4v) is 2.45. The van der Waals surface area contributed by atoms with Gasteiger partial charge in [-0.3, -0.25) is 4.79 Å². The van der Waals surface area contributed by atoms with E-state index in [0.29, 0.717) is 11.3 Å². The molecule has 4 nitrogen and oxygen atoms in total. The van der Waals surface area contributed by atoms with Crippen LogP contribution in [0.4, 0.5) is 5.00 Å². The van der Waals surface area contributed by atoms with Crippen molar-refractivity contribution in [3.8, 4) is 6.07 Å². The smallest absolute Gasteiger partial charge is 0.277 e. The Morgan fingerprint density at radius 1 is 1.44 bits per heavy atom. The molecule has 0 bridgehead atoms. The average Bonchev–Trinajstić information content (AvgIpc) is 2.83. The maximum atomic E-state index is 12.2. The van der Waals surface area contributed by atoms with E-state index in [1.165, 1.54) is 17.5 Å². The number of rotatable bonds is 2. The number of anilines is 1. The van der Waals surface area contributed by atoms with Crippen LogP contribution in [0.2, 0.25) is 0 Å². The van der Waals surface area contributed by atoms with Crippen molar-refractivity contribution in [3.63, 3.8) is 0 Å². The molecule has 90 valence electrons. The van der Waals surface area contributed by atoms with E-state index in [2.05, 4.69) is 4.98 Å². The zero-order chi connectivity index (χ0) is 13.1. The van der Waals surface area contributed by atoms with E-state index in [-0.39, 0.29) is 5.91 Å². The third-order valence-corrected chi connectivity index (χ3v) is 3.65. The Balaban J connectivity index is 2.26. The van der Waals surface area contributed by atoms with E-state index >= 15 is 0 Å². The lowest BCUT2D eigenvalue weighted by Crippen LogP contribution is -2.26. The van der Waals surface area contributed by atoms with Crippen LogP contribution in [0.1, 0.15) is 21.6 Å². The summed E-state index contributed by atoms with van der Waals surface area (Å²) in [4.78, 5) is 17.8. The molecular formula is C13H11N3OS. The van der Waals surface area contributed by atoms with Gasteiger partial charge in [-0.1, -0.05) is 0 Å². The SMILES string of the molecule is Cc1ccsc1N(C)C(=O)c1ccc(C#N)cn1. The van der Waals surface area contributed by atoms with Gasteiger partial charge in [-0.15, -0.1) is 11.3 Å². The van der Waals surface area contributed by atoms with Crippen LogP contribution in [-0.2, 0) is 0 Å². The van der Waals surface area contributed by atoms with Gasteiger partial charge in [-0.25, -0.2) is 4.98 Å². The Kier molecular flexibility index (Phi) is 3.40. The highest BCUT2D eigenvalue weighted by atomic mass is 32.1. The molecule has 0 saturated carbocycles. The van der Waals surface area contributed by atoms with Gasteiger partial charge in [0.25, 0.3) is 5.91 Å². The first kappa shape index (κ1) is 12.3. The van der Waals surface area contributed by atoms with E-state index in [9.17, 15) is 4.79 Å². The molecule has 0 aliphatic carbocycles. The summed E-state index contributed by atoms with van der Waals surface area (Å²) >= 11 is 1.51. The van der Waals surface area contributed by atoms with Crippen molar-refractivity contribution in [2.75, 3.05) is 11.9 Å². The quantitative estimate of drug-likeness (QED) is 0.831. The molecule has 0 saturated heterocycles. The fourth-order valence-electron chi connectivity index (χ4n) is 1.56. The number of hydrogen-bond donors (Lipinski definition) is 0. The molecule has 5 heteroatoms. The van der Waals surface area contributed by atoms with Crippen molar-refractivity contribution in [2.24, 2.45) is 0 Å². The highest BCUT2D eigenvalue weighted by Gasteiger charge is 2.17. The Hall–Kier alpha value is -2.19. The van der Waals surface area contributed by atoms with Crippen molar-refractivity contribution in [3.05, 3.63) is 46.6 Å². The highest BCUT2D eigenvalue weighted by molar-refractivity contribution is 7.14. The van der Waals surface area contributed by atoms with Gasteiger partial charge < -0.3 is 4.90 Å². The van der Waals surface area contributed by atoms with Gasteiger partial charge in [0.1, 0.15) is 16.8 Å². The lowest BCUT2D eigenvalue weighted by molar-refractivity contribution is 0.0988. The normalized spacial score (nSPS) is 9.83. The molecule has 0 unspecified atom stereocenters. The third-order valence-electron chi connectivity index (χ3n) is 2.56. The number of thiophene rings is 1. The summed E-state index contributed by atoms with van der Waals surface area (Å²) in [6, 6.07) is 7.10. The predicted octanol–water partition coefficient (Wildman–Crippen LogP) is 2.60. The largest absolute Gasteiger partial charge is 0.301 e. The lowest BCUT2D eigenvalue weighted by atomic mass is 10.2. The van der Waals surface area contributed by atoms with Gasteiger partial charge in [0.2, 0.25) is 0 Å². The van der Waals surface area contributed by atoms with E-state index in [1.807, 2.05) is 24.4 Å². The molecule has 0 spiro atoms. The monoisotopic (exact) mass is 257 g/mol. The Morgan fingerprint density at radius 2 is 2.22 bits per heavy atom. The molecule has 0 radical (unpaired) electrons. The number of carbonyl (C=O) groups excluding carboxylic acids is 1. The molecule has 0 fully saturated rings. The standard InChI is InChI=1S/C13H11N3OS/c1-9-5-6-18-13(9)16(2)12(17)11-4-3-10(7-14)8-15-11/h3-6,8H,1-2H3. The van der Waals surface area contributed by atoms with Gasteiger partial charge in [-0.05, 0) is 36.1 Å². The van der Waals surface area contributed by atoms with Crippen molar-refractivity contribution in [1.82, 2.24) is 4.98 Å². The van der Waals surface area contributed by atoms with Gasteiger partial charge in [0.05, 0.1) is 5.56 Å². The minimum absolute atomic E-state index is 0.176. The molecule has 0 aliphatic rings. The summed E-state index contributed by atoms with van der Waals surface area (Å²) in [7, 11) is 1.72. The number of pyridine rings is 1. The minimum Gasteiger partial charge on any atom is -0.301 e. The first-order valence-electron chi connectivity index (χ1n) is 5.32. The zero-order valence-electron chi connectivity index (χ0n) is 10.0. The predicted molar refractivity (Wildman–Crippen MR) is 70.7 cm³/mol. The molecule has 2 rings (SSSR count). The molecule has 1 amide bonds. The molecule has 0 atom stereocenters. The van der Waals surface area contributed by atoms with E-state index in [0.717, 1.165) is 10.6 Å². The molecule has 0 aromatic carbocycles. The number of amides is 1. The molecule has 2 aromatic rings. The molecule has 0 aliphatic heterocycles. The van der Waals surface area contributed by atoms with Crippen molar-refractivity contribution in [2.45, 2.75) is 6.92 Å². The Morgan fingerprint density at radius 3 is 2.72 bits per heavy atom. The van der Waals surface area contributed by atoms with Gasteiger partial charge in [-0.2, -0.15) is 5.26 Å². The number of carbonyl (C=O) groups is 1. The van der Waals surface area contributed by atoms with Gasteiger partial charge in [0.15, 0.2) is 0 Å². The maximum absolute atomic E-state index is 12.2. The molecule has 0 N–H and O–H groups in total. The van der Waals surface area contributed by atoms with Crippen LogP contribution in [0.3, 0.4) is 0 Å². The van der Waals surface area contributed by atoms with Crippen LogP contribution in [0.25, 0.3) is 0 Å². The maximum Gasteiger partial charge on any atom is 0.277 e. The second-order valence-corrected chi connectivity index (χ2v) is 4.71. The summed E-state index contributed by atoms with van der Waals surface area (Å²) in [5, 5.41) is 11.5. The minimum atomic E-state index is -0.176. The third kappa shape index (κ3) is 2.24. The van der Waals surface area contributed by atoms with Gasteiger partial charge in [0, 0.05) is 13.2 Å². The van der Waals surface area contributed by atoms with Crippen molar-refractivity contribution >= 4 is 22.2 Å². The van der Waals surface area contributed by atoms with E-state index < -0.39 is 0 Å². The van der Waals surface area contributed by atoms with E-state index in [1.54, 1.807) is 24.1 Å². The molecular weight excluding hydrogens is 246 g/mol. The second-order valence-electron chi connectivity index (χ2n) is 3.82. The molecule has 2 heterocycles. The van der Waals surface area contributed by atoms with Crippen LogP contribution in [0.15, 0.2) is 29.8 Å². The zero-order valence-corrected chi connectivity index (χ0v) is 10.9. The van der Waals surface area contributed by atoms with Crippen molar-refractivity contribution < 1.29 is 4.79 Å². The topological polar surface area (TPSA) is 57.0 Å². The first-order chi connectivity index (χ1) is 8.63. The summed E-state index contributed by atoms with van der Waals surface area (Å²) in [6.07, 6.45) is 1.41. The summed E-state index contributed by atoms with van der Waals surface area (Å²) in [6.45, 7) is 1.96. The number of nitrogens with zero attached hydrogens (tertiary/aromatic N) is 3. The van der Waals surface area contributed by atoms with Crippen LogP contribution in [0.5, 0.6) is 0 Å². The fraction of sp³-hybridized carbons (Fsp3) is 0.154. The number of nitriles is 1. The van der Waals surface area contributed by atoms with Crippen LogP contribution in [-0.4, -0.2) is 17.9 Å². The number of hydrogen-bond acceptors (Lipinski definition) is 4. The Labute approximate surface area is 109 Å². The first-order valence-corrected chi connectivity index (χ1v) is 6.19. The summed E-state index contributed by atoms with van der Waals surface area (Å²) < 4.78 is 0. The van der Waals surface area contributed by atoms with Crippen LogP contribution < -0.4 is 4.90 Å². The average molecular weight is 257 g/mol. The van der Waals surface area contributed by atoms with Crippen LogP contribution >= 0.6 is 11.3 Å². The molecule has 18 heavy (non-hydrogen) atoms. The summed E-state index contributed by atoms with van der Waals surface area (Å²) in [5.74, 6) is -0.176. The second kappa shape index (κ2) is 4.98. The van der Waals surface area contributed by atoms with Crippen LogP contribution in [0, 0.1) is 18.3 Å². The summed E-state index contributed by atoms with van der Waals surface area (Å²) in [5.41, 5.74) is 1.84. The lowest BCUT2D eigenvalue weighted by Gasteiger charge is -2.15. The number of aryl methyl sites for hydroxylation is 1.